The van der Waals surface area contributed by atoms with Crippen LogP contribution in [-0.4, -0.2) is 28.3 Å². The molecule has 2 aromatic rings. The zero-order valence-corrected chi connectivity index (χ0v) is 12.1. The van der Waals surface area contributed by atoms with Gasteiger partial charge in [-0.05, 0) is 31.4 Å². The molecule has 106 valence electrons. The minimum absolute atomic E-state index is 0.201. The third-order valence-corrected chi connectivity index (χ3v) is 4.67. The molecule has 1 amide bonds. The highest BCUT2D eigenvalue weighted by Crippen LogP contribution is 2.32. The topological polar surface area (TPSA) is 75.4 Å². The van der Waals surface area contributed by atoms with E-state index in [0.717, 1.165) is 24.1 Å². The van der Waals surface area contributed by atoms with E-state index in [0.29, 0.717) is 10.1 Å². The first-order chi connectivity index (χ1) is 9.56. The number of rotatable bonds is 4. The molecule has 0 spiro atoms. The van der Waals surface area contributed by atoms with Gasteiger partial charge in [0.2, 0.25) is 0 Å². The summed E-state index contributed by atoms with van der Waals surface area (Å²) in [7, 11) is 0. The molecule has 5 nitrogen and oxygen atoms in total. The van der Waals surface area contributed by atoms with Crippen LogP contribution >= 0.6 is 22.9 Å². The molecule has 3 rings (SSSR count). The lowest BCUT2D eigenvalue weighted by Gasteiger charge is -2.36. The molecule has 0 atom stereocenters. The molecule has 20 heavy (non-hydrogen) atoms. The van der Waals surface area contributed by atoms with E-state index >= 15 is 0 Å². The molecular weight excluding hydrogens is 300 g/mol. The molecule has 0 saturated heterocycles. The van der Waals surface area contributed by atoms with Crippen molar-refractivity contribution in [3.8, 4) is 10.6 Å². The van der Waals surface area contributed by atoms with Gasteiger partial charge in [0.25, 0.3) is 5.91 Å². The fraction of sp³-hybridized carbons (Fsp3) is 0.385. The van der Waals surface area contributed by atoms with E-state index in [1.807, 2.05) is 6.07 Å². The number of thiophene rings is 1. The SMILES string of the molecule is O=C(NCC1(O)CCC1)c1cc(-c2ccc(Cl)s2)on1. The number of hydrogen-bond donors (Lipinski definition) is 2. The minimum atomic E-state index is -0.747. The molecule has 1 fully saturated rings. The van der Waals surface area contributed by atoms with Crippen molar-refractivity contribution in [3.63, 3.8) is 0 Å². The van der Waals surface area contributed by atoms with Crippen LogP contribution in [-0.2, 0) is 0 Å². The first-order valence-electron chi connectivity index (χ1n) is 6.29. The number of carbonyl (C=O) groups is 1. The van der Waals surface area contributed by atoms with Crippen LogP contribution < -0.4 is 5.32 Å². The lowest BCUT2D eigenvalue weighted by atomic mass is 9.80. The van der Waals surface area contributed by atoms with Crippen molar-refractivity contribution in [2.75, 3.05) is 6.54 Å². The molecule has 2 aromatic heterocycles. The predicted octanol–water partition coefficient (Wildman–Crippen LogP) is 2.70. The summed E-state index contributed by atoms with van der Waals surface area (Å²) in [6.07, 6.45) is 2.45. The van der Waals surface area contributed by atoms with Crippen molar-refractivity contribution < 1.29 is 14.4 Å². The van der Waals surface area contributed by atoms with E-state index in [4.69, 9.17) is 16.1 Å². The molecule has 2 N–H and O–H groups in total. The molecule has 1 aliphatic rings. The first-order valence-corrected chi connectivity index (χ1v) is 7.48. The van der Waals surface area contributed by atoms with Crippen LogP contribution in [0.3, 0.4) is 0 Å². The molecule has 2 heterocycles. The Kier molecular flexibility index (Phi) is 3.54. The van der Waals surface area contributed by atoms with Crippen molar-refractivity contribution >= 4 is 28.8 Å². The number of aliphatic hydroxyl groups is 1. The average molecular weight is 313 g/mol. The van der Waals surface area contributed by atoms with Gasteiger partial charge < -0.3 is 14.9 Å². The lowest BCUT2D eigenvalue weighted by molar-refractivity contribution is -0.0301. The Labute approximate surface area is 124 Å². The largest absolute Gasteiger partial charge is 0.388 e. The molecule has 1 aliphatic carbocycles. The average Bonchev–Trinajstić information content (AvgIpc) is 3.02. The second kappa shape index (κ2) is 5.20. The van der Waals surface area contributed by atoms with Gasteiger partial charge in [-0.1, -0.05) is 16.8 Å². The molecule has 0 bridgehead atoms. The lowest BCUT2D eigenvalue weighted by Crippen LogP contribution is -2.47. The Morgan fingerprint density at radius 2 is 2.35 bits per heavy atom. The predicted molar refractivity (Wildman–Crippen MR) is 76.0 cm³/mol. The molecule has 0 radical (unpaired) electrons. The van der Waals surface area contributed by atoms with Gasteiger partial charge in [-0.2, -0.15) is 0 Å². The Balaban J connectivity index is 1.65. The van der Waals surface area contributed by atoms with Crippen molar-refractivity contribution in [2.24, 2.45) is 0 Å². The van der Waals surface area contributed by atoms with Gasteiger partial charge >= 0.3 is 0 Å². The van der Waals surface area contributed by atoms with Crippen LogP contribution in [0.25, 0.3) is 10.6 Å². The Hall–Kier alpha value is -1.37. The van der Waals surface area contributed by atoms with Gasteiger partial charge in [-0.25, -0.2) is 0 Å². The van der Waals surface area contributed by atoms with Crippen molar-refractivity contribution in [1.29, 1.82) is 0 Å². The summed E-state index contributed by atoms with van der Waals surface area (Å²) in [4.78, 5) is 12.7. The van der Waals surface area contributed by atoms with E-state index in [-0.39, 0.29) is 18.1 Å². The molecule has 0 unspecified atom stereocenters. The molecular formula is C13H13ClN2O3S. The summed E-state index contributed by atoms with van der Waals surface area (Å²) >= 11 is 7.21. The van der Waals surface area contributed by atoms with Gasteiger partial charge in [0.15, 0.2) is 11.5 Å². The first kappa shape index (κ1) is 13.6. The van der Waals surface area contributed by atoms with Crippen LogP contribution in [0.5, 0.6) is 0 Å². The molecule has 0 aliphatic heterocycles. The van der Waals surface area contributed by atoms with Crippen molar-refractivity contribution in [3.05, 3.63) is 28.2 Å². The van der Waals surface area contributed by atoms with Gasteiger partial charge in [0.05, 0.1) is 14.8 Å². The van der Waals surface area contributed by atoms with Crippen LogP contribution in [0.1, 0.15) is 29.8 Å². The number of halogens is 1. The number of aromatic nitrogens is 1. The van der Waals surface area contributed by atoms with Crippen LogP contribution in [0, 0.1) is 0 Å². The Bertz CT molecular complexity index is 633. The molecule has 1 saturated carbocycles. The Morgan fingerprint density at radius 1 is 1.55 bits per heavy atom. The zero-order chi connectivity index (χ0) is 14.2. The monoisotopic (exact) mass is 312 g/mol. The number of nitrogens with one attached hydrogen (secondary N) is 1. The van der Waals surface area contributed by atoms with Gasteiger partial charge in [0, 0.05) is 12.6 Å². The second-order valence-electron chi connectivity index (χ2n) is 4.94. The summed E-state index contributed by atoms with van der Waals surface area (Å²) < 4.78 is 5.78. The van der Waals surface area contributed by atoms with E-state index in [1.165, 1.54) is 11.3 Å². The van der Waals surface area contributed by atoms with Gasteiger partial charge in [-0.15, -0.1) is 11.3 Å². The van der Waals surface area contributed by atoms with Gasteiger partial charge in [-0.3, -0.25) is 4.79 Å². The highest BCUT2D eigenvalue weighted by atomic mass is 35.5. The van der Waals surface area contributed by atoms with Crippen molar-refractivity contribution in [1.82, 2.24) is 10.5 Å². The molecule has 7 heteroatoms. The van der Waals surface area contributed by atoms with E-state index in [1.54, 1.807) is 12.1 Å². The fourth-order valence-corrected chi connectivity index (χ4v) is 3.03. The standard InChI is InChI=1S/C13H13ClN2O3S/c14-11-3-2-10(20-11)9-6-8(16-19-9)12(17)15-7-13(18)4-1-5-13/h2-3,6,18H,1,4-5,7H2,(H,15,17). The quantitative estimate of drug-likeness (QED) is 0.910. The van der Waals surface area contributed by atoms with Crippen molar-refractivity contribution in [2.45, 2.75) is 24.9 Å². The minimum Gasteiger partial charge on any atom is -0.388 e. The van der Waals surface area contributed by atoms with E-state index < -0.39 is 5.60 Å². The van der Waals surface area contributed by atoms with Crippen LogP contribution in [0.15, 0.2) is 22.7 Å². The van der Waals surface area contributed by atoms with Crippen LogP contribution in [0.2, 0.25) is 4.34 Å². The number of nitrogens with zero attached hydrogens (tertiary/aromatic N) is 1. The smallest absolute Gasteiger partial charge is 0.273 e. The van der Waals surface area contributed by atoms with E-state index in [9.17, 15) is 9.90 Å². The number of amides is 1. The maximum atomic E-state index is 11.9. The summed E-state index contributed by atoms with van der Waals surface area (Å²) in [5.74, 6) is 0.164. The summed E-state index contributed by atoms with van der Waals surface area (Å²) in [5, 5.41) is 16.3. The number of carbonyl (C=O) groups excluding carboxylic acids is 1. The van der Waals surface area contributed by atoms with Gasteiger partial charge in [0.1, 0.15) is 0 Å². The summed E-state index contributed by atoms with van der Waals surface area (Å²) in [6, 6.07) is 5.14. The summed E-state index contributed by atoms with van der Waals surface area (Å²) in [5.41, 5.74) is -0.545. The Morgan fingerprint density at radius 3 is 2.95 bits per heavy atom. The second-order valence-corrected chi connectivity index (χ2v) is 6.66. The van der Waals surface area contributed by atoms with Crippen LogP contribution in [0.4, 0.5) is 0 Å². The third-order valence-electron chi connectivity index (χ3n) is 3.42. The maximum absolute atomic E-state index is 11.9. The number of hydrogen-bond acceptors (Lipinski definition) is 5. The maximum Gasteiger partial charge on any atom is 0.273 e. The normalized spacial score (nSPS) is 16.7. The van der Waals surface area contributed by atoms with E-state index in [2.05, 4.69) is 10.5 Å². The fourth-order valence-electron chi connectivity index (χ4n) is 2.04. The third kappa shape index (κ3) is 2.72. The zero-order valence-electron chi connectivity index (χ0n) is 10.6. The summed E-state index contributed by atoms with van der Waals surface area (Å²) in [6.45, 7) is 0.249. The highest BCUT2D eigenvalue weighted by Gasteiger charge is 2.34. The highest BCUT2D eigenvalue weighted by molar-refractivity contribution is 7.19. The molecule has 0 aromatic carbocycles.